The zero-order chi connectivity index (χ0) is 59.8. The summed E-state index contributed by atoms with van der Waals surface area (Å²) in [5.41, 5.74) is 11.1. The maximum absolute atomic E-state index is 12.5. The molecule has 3 N–H and O–H groups in total. The molecule has 3 saturated heterocycles. The summed E-state index contributed by atoms with van der Waals surface area (Å²) < 4.78 is 5.25. The maximum atomic E-state index is 12.5. The Kier molecular flexibility index (Phi) is 28.4. The monoisotopic (exact) mass is 1250 g/mol. The summed E-state index contributed by atoms with van der Waals surface area (Å²) in [4.78, 5) is 81.1. The Hall–Kier alpha value is -8.00. The van der Waals surface area contributed by atoms with Gasteiger partial charge in [0.25, 0.3) is 17.1 Å². The van der Waals surface area contributed by atoms with Crippen molar-refractivity contribution in [1.29, 1.82) is 0 Å². The molecule has 0 atom stereocenters. The number of hydrogen-bond donors (Lipinski definition) is 2. The molecular weight excluding hydrogens is 1170 g/mol. The predicted molar refractivity (Wildman–Crippen MR) is 329 cm³/mol. The first kappa shape index (κ1) is 68.8. The number of nitro groups is 3. The second-order valence-corrected chi connectivity index (χ2v) is 21.2. The summed E-state index contributed by atoms with van der Waals surface area (Å²) in [6.45, 7) is 15.1. The van der Waals surface area contributed by atoms with Crippen molar-refractivity contribution < 1.29 is 53.9 Å². The van der Waals surface area contributed by atoms with E-state index in [4.69, 9.17) is 22.1 Å². The van der Waals surface area contributed by atoms with Gasteiger partial charge in [0, 0.05) is 202 Å². The number of rotatable bonds is 12. The van der Waals surface area contributed by atoms with E-state index in [2.05, 4.69) is 46.9 Å². The van der Waals surface area contributed by atoms with E-state index < -0.39 is 9.85 Å². The third-order valence-electron chi connectivity index (χ3n) is 14.8. The Balaban J connectivity index is 0.000000210. The van der Waals surface area contributed by atoms with E-state index in [1.54, 1.807) is 36.4 Å². The lowest BCUT2D eigenvalue weighted by Gasteiger charge is -2.26. The minimum absolute atomic E-state index is 0. The second kappa shape index (κ2) is 35.5. The number of benzene rings is 4. The Morgan fingerprint density at radius 3 is 1.33 bits per heavy atom. The van der Waals surface area contributed by atoms with Crippen LogP contribution in [0.4, 0.5) is 45.5 Å². The molecule has 0 aromatic heterocycles. The fraction of sp³-hybridized carbons (Fsp3) is 0.466. The number of carbonyl (C=O) groups excluding carboxylic acids is 2. The number of hydrogen-bond acceptors (Lipinski definition) is 20. The zero-order valence-electron chi connectivity index (χ0n) is 48.9. The van der Waals surface area contributed by atoms with Gasteiger partial charge < -0.3 is 89.6 Å². The van der Waals surface area contributed by atoms with Crippen molar-refractivity contribution in [3.05, 3.63) is 152 Å². The van der Waals surface area contributed by atoms with Crippen molar-refractivity contribution in [1.82, 2.24) is 34.7 Å². The van der Waals surface area contributed by atoms with Crippen molar-refractivity contribution >= 4 is 74.8 Å². The number of nitrogens with one attached hydrogen (secondary N) is 1. The number of non-ortho nitro benzene ring substituents is 3. The Bertz CT molecular complexity index is 2850. The molecule has 28 heteroatoms. The summed E-state index contributed by atoms with van der Waals surface area (Å²) in [5.74, 6) is 1.03. The molecule has 2 amide bonds. The van der Waals surface area contributed by atoms with Crippen LogP contribution < -0.4 is 55.5 Å². The second-order valence-electron chi connectivity index (χ2n) is 21.0. The number of nitrogens with zero attached hydrogens (tertiary/aromatic N) is 14. The number of halogens is 3. The van der Waals surface area contributed by atoms with E-state index in [0.29, 0.717) is 38.5 Å². The van der Waals surface area contributed by atoms with Crippen LogP contribution in [0.2, 0.25) is 0 Å². The SMILES string of the molecule is CN1C=CN(CC(=O)N2CCCN(c3ccc(N)cc3)CC2)C1.CN1C=CN(CC(=O)N2CCCN(c3ccc([N+](=O)[O-])cc3)CC2)C1.O=[N+]([O-])c1ccc(N2CCCN=C(OCCl)CC2)cc1.O=[N+]([O-])c1ccc(N2CCCNCC2)cc1.[Cl-].[Cl-]. The molecule has 468 valence electrons. The third kappa shape index (κ3) is 21.8. The average molecular weight is 1250 g/mol. The minimum atomic E-state index is -0.393. The first-order valence-corrected chi connectivity index (χ1v) is 29.0. The molecule has 0 bridgehead atoms. The quantitative estimate of drug-likeness (QED) is 0.0848. The number of nitrogens with two attached hydrogens (primary N) is 1. The molecule has 0 saturated carbocycles. The van der Waals surface area contributed by atoms with Gasteiger partial charge in [0.15, 0.2) is 12.0 Å². The summed E-state index contributed by atoms with van der Waals surface area (Å²) >= 11 is 5.55. The van der Waals surface area contributed by atoms with Crippen molar-refractivity contribution in [2.45, 2.75) is 32.1 Å². The molecule has 6 aliphatic rings. The van der Waals surface area contributed by atoms with Crippen LogP contribution in [-0.2, 0) is 14.3 Å². The summed E-state index contributed by atoms with van der Waals surface area (Å²) in [6.07, 6.45) is 12.5. The van der Waals surface area contributed by atoms with Crippen LogP contribution in [0.5, 0.6) is 0 Å². The van der Waals surface area contributed by atoms with Gasteiger partial charge in [-0.3, -0.25) is 44.9 Å². The van der Waals surface area contributed by atoms with Gasteiger partial charge in [0.05, 0.1) is 41.2 Å². The number of carbonyl (C=O) groups is 2. The highest BCUT2D eigenvalue weighted by Crippen LogP contribution is 2.24. The number of nitro benzene ring substituents is 3. The van der Waals surface area contributed by atoms with Crippen LogP contribution in [0.25, 0.3) is 0 Å². The Labute approximate surface area is 520 Å². The van der Waals surface area contributed by atoms with E-state index in [1.807, 2.05) is 87.7 Å². The standard InChI is InChI=1S/C17H23N5O3.C17H25N5O.C13H16ClN3O3.C11H15N3O2.2ClH/c1-18-9-10-19(14-18)13-17(23)21-8-2-7-20(11-12-21)15-3-5-16(6-4-15)22(24)25;1-19-9-10-20(14-19)13-17(23)22-8-2-7-21(11-12-22)16-5-3-15(18)4-6-16;14-10-20-13-6-9-16(8-1-7-15-13)11-2-4-12(5-3-11)17(18)19;15-14(16)11-4-2-10(3-5-11)13-8-1-6-12-7-9-13;;/h3-6,9-10H,2,7-8,11-14H2,1H3;3-6,9-10H,2,7-8,11-14,18H2,1H3;2-5H,1,6-10H2;2-5,12H,1,6-9H2;2*1H/p-2. The average Bonchev–Trinajstić information content (AvgIpc) is 3.94. The fourth-order valence-electron chi connectivity index (χ4n) is 10.3. The first-order valence-electron chi connectivity index (χ1n) is 28.4. The third-order valence-corrected chi connectivity index (χ3v) is 14.9. The van der Waals surface area contributed by atoms with Gasteiger partial charge in [-0.25, -0.2) is 0 Å². The fourth-order valence-corrected chi connectivity index (χ4v) is 10.4. The van der Waals surface area contributed by atoms with Gasteiger partial charge in [0.1, 0.15) is 0 Å². The molecule has 86 heavy (non-hydrogen) atoms. The van der Waals surface area contributed by atoms with E-state index in [1.165, 1.54) is 30.0 Å². The number of amides is 2. The van der Waals surface area contributed by atoms with Crippen LogP contribution in [0.1, 0.15) is 32.1 Å². The lowest BCUT2D eigenvalue weighted by molar-refractivity contribution is -0.385. The highest BCUT2D eigenvalue weighted by Gasteiger charge is 2.24. The van der Waals surface area contributed by atoms with Crippen molar-refractivity contribution in [3.8, 4) is 0 Å². The van der Waals surface area contributed by atoms with Crippen LogP contribution in [0.3, 0.4) is 0 Å². The lowest BCUT2D eigenvalue weighted by Crippen LogP contribution is -3.00. The molecule has 0 unspecified atom stereocenters. The Morgan fingerprint density at radius 1 is 0.523 bits per heavy atom. The predicted octanol–water partition coefficient (Wildman–Crippen LogP) is 0.502. The molecule has 0 spiro atoms. The largest absolute Gasteiger partial charge is 1.00 e. The van der Waals surface area contributed by atoms with E-state index in [9.17, 15) is 39.9 Å². The van der Waals surface area contributed by atoms with Gasteiger partial charge in [-0.1, -0.05) is 11.6 Å². The van der Waals surface area contributed by atoms with Crippen LogP contribution in [0.15, 0.2) is 127 Å². The van der Waals surface area contributed by atoms with Crippen molar-refractivity contribution in [3.63, 3.8) is 0 Å². The zero-order valence-corrected chi connectivity index (χ0v) is 51.1. The van der Waals surface area contributed by atoms with Gasteiger partial charge in [0.2, 0.25) is 11.8 Å². The number of aliphatic imine (C=N–C) groups is 1. The number of alkyl halides is 1. The highest BCUT2D eigenvalue weighted by atomic mass is 35.5. The van der Waals surface area contributed by atoms with E-state index >= 15 is 0 Å². The topological polar surface area (TPSA) is 256 Å². The molecule has 25 nitrogen and oxygen atoms in total. The van der Waals surface area contributed by atoms with Crippen molar-refractivity contribution in [2.24, 2.45) is 4.99 Å². The number of nitrogen functional groups attached to an aromatic ring is 1. The van der Waals surface area contributed by atoms with Crippen LogP contribution in [-0.4, -0.2) is 207 Å². The Morgan fingerprint density at radius 2 is 0.919 bits per heavy atom. The molecule has 6 aliphatic heterocycles. The smallest absolute Gasteiger partial charge is 0.269 e. The number of anilines is 5. The maximum Gasteiger partial charge on any atom is 0.269 e. The molecule has 0 radical (unpaired) electrons. The molecule has 10 rings (SSSR count). The molecule has 0 aliphatic carbocycles. The summed E-state index contributed by atoms with van der Waals surface area (Å²) in [6, 6.07) is 28.1. The van der Waals surface area contributed by atoms with Crippen molar-refractivity contribution in [2.75, 3.05) is 170 Å². The summed E-state index contributed by atoms with van der Waals surface area (Å²) in [5, 5.41) is 35.3. The molecule has 3 fully saturated rings. The highest BCUT2D eigenvalue weighted by molar-refractivity contribution is 6.17. The van der Waals surface area contributed by atoms with E-state index in [-0.39, 0.29) is 64.7 Å². The normalized spacial score (nSPS) is 17.0. The molecule has 4 aromatic carbocycles. The van der Waals surface area contributed by atoms with Gasteiger partial charge in [-0.2, -0.15) is 0 Å². The number of ether oxygens (including phenoxy) is 1. The molecular formula is C58H79Cl3N16O9-2. The molecule has 6 heterocycles. The van der Waals surface area contributed by atoms with Gasteiger partial charge in [-0.15, -0.1) is 0 Å². The van der Waals surface area contributed by atoms with E-state index in [0.717, 1.165) is 147 Å². The molecule has 4 aromatic rings. The minimum Gasteiger partial charge on any atom is -1.00 e. The summed E-state index contributed by atoms with van der Waals surface area (Å²) in [7, 11) is 3.99. The lowest BCUT2D eigenvalue weighted by atomic mass is 10.2. The first-order chi connectivity index (χ1) is 40.6. The van der Waals surface area contributed by atoms with Crippen LogP contribution in [0, 0.1) is 30.3 Å². The van der Waals surface area contributed by atoms with Gasteiger partial charge >= 0.3 is 0 Å². The van der Waals surface area contributed by atoms with Gasteiger partial charge in [-0.05, 0) is 92.9 Å². The van der Waals surface area contributed by atoms with Crippen LogP contribution >= 0.6 is 11.6 Å².